The van der Waals surface area contributed by atoms with Crippen LogP contribution < -0.4 is 10.4 Å². The molecule has 5 atom stereocenters. The molecule has 5 N–H and O–H groups in total. The molecular formula is C15H16O9. The van der Waals surface area contributed by atoms with Crippen LogP contribution in [0.2, 0.25) is 0 Å². The highest BCUT2D eigenvalue weighted by atomic mass is 16.7. The van der Waals surface area contributed by atoms with Crippen LogP contribution in [0.25, 0.3) is 11.0 Å². The number of hydrogen-bond acceptors (Lipinski definition) is 9. The van der Waals surface area contributed by atoms with Gasteiger partial charge in [-0.25, -0.2) is 4.79 Å². The molecule has 9 heteroatoms. The molecule has 0 spiro atoms. The van der Waals surface area contributed by atoms with E-state index in [0.29, 0.717) is 5.39 Å². The molecule has 1 aliphatic rings. The van der Waals surface area contributed by atoms with Crippen molar-refractivity contribution in [1.82, 2.24) is 0 Å². The lowest BCUT2D eigenvalue weighted by atomic mass is 9.99. The Labute approximate surface area is 134 Å². The lowest BCUT2D eigenvalue weighted by molar-refractivity contribution is -0.277. The molecule has 1 saturated heterocycles. The number of aromatic hydroxyl groups is 1. The predicted octanol–water partition coefficient (Wildman–Crippen LogP) is -1.32. The van der Waals surface area contributed by atoms with Crippen LogP contribution in [0.15, 0.2) is 33.5 Å². The van der Waals surface area contributed by atoms with E-state index in [1.807, 2.05) is 0 Å². The minimum Gasteiger partial charge on any atom is -0.502 e. The van der Waals surface area contributed by atoms with E-state index in [0.717, 1.165) is 0 Å². The summed E-state index contributed by atoms with van der Waals surface area (Å²) in [6.07, 6.45) is -7.36. The summed E-state index contributed by atoms with van der Waals surface area (Å²) < 4.78 is 15.4. The molecule has 0 radical (unpaired) electrons. The van der Waals surface area contributed by atoms with Crippen molar-refractivity contribution in [2.75, 3.05) is 6.61 Å². The van der Waals surface area contributed by atoms with Crippen molar-refractivity contribution in [3.63, 3.8) is 0 Å². The number of aliphatic hydroxyl groups excluding tert-OH is 4. The fourth-order valence-electron chi connectivity index (χ4n) is 2.48. The Bertz CT molecular complexity index is 784. The molecule has 2 heterocycles. The van der Waals surface area contributed by atoms with Crippen molar-refractivity contribution < 1.29 is 39.4 Å². The van der Waals surface area contributed by atoms with Crippen molar-refractivity contribution in [2.45, 2.75) is 30.7 Å². The van der Waals surface area contributed by atoms with Gasteiger partial charge in [0.1, 0.15) is 24.4 Å². The average molecular weight is 340 g/mol. The lowest BCUT2D eigenvalue weighted by Crippen LogP contribution is -2.60. The monoisotopic (exact) mass is 340 g/mol. The Hall–Kier alpha value is -2.17. The number of ether oxygens (including phenoxy) is 2. The molecule has 0 bridgehead atoms. The molecule has 0 amide bonds. The van der Waals surface area contributed by atoms with Crippen molar-refractivity contribution in [3.05, 3.63) is 34.7 Å². The van der Waals surface area contributed by atoms with Crippen molar-refractivity contribution >= 4 is 11.0 Å². The quantitative estimate of drug-likeness (QED) is 0.429. The van der Waals surface area contributed by atoms with E-state index in [1.54, 1.807) is 0 Å². The van der Waals surface area contributed by atoms with E-state index in [1.165, 1.54) is 24.3 Å². The third-order valence-corrected chi connectivity index (χ3v) is 3.82. The predicted molar refractivity (Wildman–Crippen MR) is 78.5 cm³/mol. The van der Waals surface area contributed by atoms with Crippen LogP contribution in [-0.4, -0.2) is 62.8 Å². The number of hydrogen-bond donors (Lipinski definition) is 5. The summed E-state index contributed by atoms with van der Waals surface area (Å²) in [6, 6.07) is 5.52. The first-order valence-corrected chi connectivity index (χ1v) is 7.15. The van der Waals surface area contributed by atoms with Gasteiger partial charge in [-0.3, -0.25) is 0 Å². The van der Waals surface area contributed by atoms with Crippen LogP contribution in [-0.2, 0) is 4.74 Å². The first-order chi connectivity index (χ1) is 11.4. The largest absolute Gasteiger partial charge is 0.502 e. The highest BCUT2D eigenvalue weighted by Gasteiger charge is 2.45. The summed E-state index contributed by atoms with van der Waals surface area (Å²) in [6.45, 7) is -0.608. The minimum atomic E-state index is -1.62. The molecule has 1 aliphatic heterocycles. The average Bonchev–Trinajstić information content (AvgIpc) is 2.58. The van der Waals surface area contributed by atoms with Gasteiger partial charge in [-0.15, -0.1) is 0 Å². The van der Waals surface area contributed by atoms with E-state index in [-0.39, 0.29) is 11.3 Å². The summed E-state index contributed by atoms with van der Waals surface area (Å²) >= 11 is 0. The molecule has 1 aromatic heterocycles. The summed E-state index contributed by atoms with van der Waals surface area (Å²) in [7, 11) is 0. The van der Waals surface area contributed by atoms with Gasteiger partial charge in [-0.2, -0.15) is 0 Å². The van der Waals surface area contributed by atoms with Gasteiger partial charge in [0.05, 0.1) is 6.61 Å². The minimum absolute atomic E-state index is 0.107. The van der Waals surface area contributed by atoms with Crippen LogP contribution in [0.3, 0.4) is 0 Å². The van der Waals surface area contributed by atoms with Gasteiger partial charge in [-0.1, -0.05) is 0 Å². The molecular weight excluding hydrogens is 324 g/mol. The van der Waals surface area contributed by atoms with Crippen molar-refractivity contribution in [1.29, 1.82) is 0 Å². The number of rotatable bonds is 3. The Kier molecular flexibility index (Phi) is 4.43. The topological polar surface area (TPSA) is 150 Å². The van der Waals surface area contributed by atoms with Crippen LogP contribution >= 0.6 is 0 Å². The van der Waals surface area contributed by atoms with Gasteiger partial charge < -0.3 is 39.4 Å². The third-order valence-electron chi connectivity index (χ3n) is 3.82. The second-order valence-corrected chi connectivity index (χ2v) is 5.40. The fraction of sp³-hybridized carbons (Fsp3) is 0.400. The van der Waals surface area contributed by atoms with Gasteiger partial charge >= 0.3 is 5.63 Å². The maximum absolute atomic E-state index is 11.3. The summed E-state index contributed by atoms with van der Waals surface area (Å²) in [5.74, 6) is -0.650. The zero-order valence-corrected chi connectivity index (χ0v) is 12.3. The molecule has 3 rings (SSSR count). The number of fused-ring (bicyclic) bond motifs is 1. The van der Waals surface area contributed by atoms with Crippen LogP contribution in [0.5, 0.6) is 11.5 Å². The molecule has 2 aromatic rings. The van der Waals surface area contributed by atoms with E-state index in [9.17, 15) is 25.2 Å². The third kappa shape index (κ3) is 2.83. The number of phenolic OH excluding ortho intramolecular Hbond substituents is 1. The van der Waals surface area contributed by atoms with Crippen LogP contribution in [0.4, 0.5) is 0 Å². The van der Waals surface area contributed by atoms with Crippen molar-refractivity contribution in [2.24, 2.45) is 0 Å². The number of benzene rings is 1. The first-order valence-electron chi connectivity index (χ1n) is 7.15. The molecule has 24 heavy (non-hydrogen) atoms. The van der Waals surface area contributed by atoms with Gasteiger partial charge in [0.15, 0.2) is 11.3 Å². The maximum Gasteiger partial charge on any atom is 0.336 e. The standard InChI is InChI=1S/C15H16O9/c16-5-8-10(18)12(20)13(21)15(23-8)22-7-3-1-6-2-4-9(17)24-14(6)11(7)19/h1-4,8,10,12-13,15-16,18-21H,5H2/t8-,10+,12+,13-,15+/m1/s1. The molecule has 0 unspecified atom stereocenters. The van der Waals surface area contributed by atoms with Gasteiger partial charge in [0.25, 0.3) is 0 Å². The molecule has 9 nitrogen and oxygen atoms in total. The van der Waals surface area contributed by atoms with Crippen molar-refractivity contribution in [3.8, 4) is 11.5 Å². The smallest absolute Gasteiger partial charge is 0.336 e. The zero-order valence-electron chi connectivity index (χ0n) is 12.3. The number of phenols is 1. The Balaban J connectivity index is 1.91. The summed E-state index contributed by atoms with van der Waals surface area (Å²) in [4.78, 5) is 11.3. The summed E-state index contributed by atoms with van der Waals surface area (Å²) in [5, 5.41) is 49.2. The van der Waals surface area contributed by atoms with Crippen LogP contribution in [0.1, 0.15) is 0 Å². The van der Waals surface area contributed by atoms with Gasteiger partial charge in [0, 0.05) is 11.5 Å². The fourth-order valence-corrected chi connectivity index (χ4v) is 2.48. The van der Waals surface area contributed by atoms with E-state index < -0.39 is 48.7 Å². The second kappa shape index (κ2) is 6.38. The highest BCUT2D eigenvalue weighted by Crippen LogP contribution is 2.35. The number of aliphatic hydroxyl groups is 4. The van der Waals surface area contributed by atoms with E-state index in [2.05, 4.69) is 0 Å². The maximum atomic E-state index is 11.3. The normalized spacial score (nSPS) is 30.4. The second-order valence-electron chi connectivity index (χ2n) is 5.40. The van der Waals surface area contributed by atoms with Gasteiger partial charge in [-0.05, 0) is 18.2 Å². The highest BCUT2D eigenvalue weighted by molar-refractivity contribution is 5.84. The lowest BCUT2D eigenvalue weighted by Gasteiger charge is -2.39. The van der Waals surface area contributed by atoms with Crippen LogP contribution in [0, 0.1) is 0 Å². The molecule has 130 valence electrons. The van der Waals surface area contributed by atoms with E-state index >= 15 is 0 Å². The van der Waals surface area contributed by atoms with Gasteiger partial charge in [0.2, 0.25) is 12.0 Å². The zero-order chi connectivity index (χ0) is 17.4. The van der Waals surface area contributed by atoms with E-state index in [4.69, 9.17) is 19.0 Å². The first kappa shape index (κ1) is 16.7. The Morgan fingerprint density at radius 1 is 1.04 bits per heavy atom. The Morgan fingerprint density at radius 2 is 1.75 bits per heavy atom. The SMILES string of the molecule is O=c1ccc2ccc(O[C@H]3O[C@H](CO)[C@H](O)[C@H](O)[C@H]3O)c(O)c2o1. The summed E-state index contributed by atoms with van der Waals surface area (Å²) in [5.41, 5.74) is -0.771. The molecule has 1 aromatic carbocycles. The molecule has 0 aliphatic carbocycles. The Morgan fingerprint density at radius 3 is 2.46 bits per heavy atom. The molecule has 1 fully saturated rings. The molecule has 0 saturated carbocycles.